The van der Waals surface area contributed by atoms with Crippen LogP contribution in [0, 0.1) is 6.92 Å². The molecule has 0 saturated carbocycles. The molecule has 2 aromatic heterocycles. The first-order valence-corrected chi connectivity index (χ1v) is 7.38. The topological polar surface area (TPSA) is 57.8 Å². The van der Waals surface area contributed by atoms with Crippen LogP contribution in [0.3, 0.4) is 0 Å². The van der Waals surface area contributed by atoms with Gasteiger partial charge in [0.2, 0.25) is 0 Å². The zero-order valence-corrected chi connectivity index (χ0v) is 12.8. The van der Waals surface area contributed by atoms with E-state index in [0.29, 0.717) is 0 Å². The minimum Gasteiger partial charge on any atom is -0.346 e. The quantitative estimate of drug-likeness (QED) is 0.712. The molecule has 0 unspecified atom stereocenters. The molecule has 0 radical (unpaired) electrons. The minimum atomic E-state index is -0.330. The van der Waals surface area contributed by atoms with Gasteiger partial charge < -0.3 is 10.3 Å². The molecule has 3 aromatic rings. The predicted octanol–water partition coefficient (Wildman–Crippen LogP) is 4.01. The number of hydrogen-bond acceptors (Lipinski definition) is 2. The molecule has 0 saturated heterocycles. The summed E-state index contributed by atoms with van der Waals surface area (Å²) in [5.74, 6) is 0.00256. The molecule has 4 heteroatoms. The number of fused-ring (bicyclic) bond motifs is 2. The van der Waals surface area contributed by atoms with Gasteiger partial charge in [-0.2, -0.15) is 0 Å². The number of H-pyrrole nitrogens is 1. The highest BCUT2D eigenvalue weighted by Crippen LogP contribution is 2.35. The third-order valence-corrected chi connectivity index (χ3v) is 4.35. The molecule has 0 fully saturated rings. The molecule has 1 aliphatic rings. The fourth-order valence-electron chi connectivity index (χ4n) is 3.19. The number of amides is 1. The van der Waals surface area contributed by atoms with Crippen LogP contribution in [-0.2, 0) is 5.54 Å². The van der Waals surface area contributed by atoms with E-state index in [9.17, 15) is 4.79 Å². The number of rotatable bonds is 1. The summed E-state index contributed by atoms with van der Waals surface area (Å²) in [5.41, 5.74) is 5.58. The number of carbonyl (C=O) groups is 1. The third kappa shape index (κ3) is 1.77. The van der Waals surface area contributed by atoms with E-state index < -0.39 is 0 Å². The molecule has 1 amide bonds. The Morgan fingerprint density at radius 3 is 2.77 bits per heavy atom. The molecular weight excluding hydrogens is 274 g/mol. The van der Waals surface area contributed by atoms with E-state index in [1.165, 1.54) is 0 Å². The van der Waals surface area contributed by atoms with E-state index in [1.807, 2.05) is 45.2 Å². The van der Waals surface area contributed by atoms with Gasteiger partial charge in [-0.15, -0.1) is 0 Å². The second-order valence-corrected chi connectivity index (χ2v) is 6.39. The maximum Gasteiger partial charge on any atom is 0.252 e. The summed E-state index contributed by atoms with van der Waals surface area (Å²) in [6.45, 7) is 6.04. The number of pyridine rings is 1. The van der Waals surface area contributed by atoms with E-state index in [0.717, 1.165) is 39.0 Å². The molecule has 0 spiro atoms. The Kier molecular flexibility index (Phi) is 2.49. The largest absolute Gasteiger partial charge is 0.346 e. The van der Waals surface area contributed by atoms with Crippen LogP contribution in [0.15, 0.2) is 36.5 Å². The summed E-state index contributed by atoms with van der Waals surface area (Å²) < 4.78 is 0. The normalized spacial score (nSPS) is 15.9. The Bertz CT molecular complexity index is 931. The van der Waals surface area contributed by atoms with Crippen molar-refractivity contribution in [3.8, 4) is 11.1 Å². The first kappa shape index (κ1) is 13.1. The Balaban J connectivity index is 0.00000104. The van der Waals surface area contributed by atoms with Crippen LogP contribution in [0.25, 0.3) is 22.2 Å². The van der Waals surface area contributed by atoms with Gasteiger partial charge in [-0.1, -0.05) is 6.07 Å². The van der Waals surface area contributed by atoms with Gasteiger partial charge in [-0.05, 0) is 56.2 Å². The van der Waals surface area contributed by atoms with Crippen molar-refractivity contribution in [2.45, 2.75) is 26.3 Å². The van der Waals surface area contributed by atoms with Gasteiger partial charge in [0.1, 0.15) is 5.65 Å². The maximum atomic E-state index is 12.0. The predicted molar refractivity (Wildman–Crippen MR) is 91.0 cm³/mol. The second-order valence-electron chi connectivity index (χ2n) is 6.39. The Morgan fingerprint density at radius 2 is 1.95 bits per heavy atom. The van der Waals surface area contributed by atoms with Crippen molar-refractivity contribution in [3.05, 3.63) is 53.3 Å². The van der Waals surface area contributed by atoms with Crippen molar-refractivity contribution in [1.29, 1.82) is 0 Å². The molecule has 0 bridgehead atoms. The molecule has 1 aliphatic heterocycles. The smallest absolute Gasteiger partial charge is 0.252 e. The van der Waals surface area contributed by atoms with E-state index in [1.54, 1.807) is 0 Å². The summed E-state index contributed by atoms with van der Waals surface area (Å²) in [7, 11) is 0. The first-order chi connectivity index (χ1) is 10.5. The highest BCUT2D eigenvalue weighted by Gasteiger charge is 2.35. The molecule has 2 N–H and O–H groups in total. The van der Waals surface area contributed by atoms with E-state index in [4.69, 9.17) is 0 Å². The summed E-state index contributed by atoms with van der Waals surface area (Å²) in [6.07, 6.45) is 1.98. The number of aromatic nitrogens is 2. The number of nitrogens with one attached hydrogen (secondary N) is 2. The van der Waals surface area contributed by atoms with Gasteiger partial charge in [0.15, 0.2) is 0 Å². The van der Waals surface area contributed by atoms with Crippen LogP contribution in [0.5, 0.6) is 0 Å². The Labute approximate surface area is 131 Å². The van der Waals surface area contributed by atoms with E-state index in [2.05, 4.69) is 27.4 Å². The average Bonchev–Trinajstić information content (AvgIpc) is 2.97. The third-order valence-electron chi connectivity index (χ3n) is 4.35. The van der Waals surface area contributed by atoms with Gasteiger partial charge in [0.25, 0.3) is 5.91 Å². The Hall–Kier alpha value is -2.62. The minimum absolute atomic E-state index is 0. The van der Waals surface area contributed by atoms with Crippen molar-refractivity contribution in [2.75, 3.05) is 0 Å². The van der Waals surface area contributed by atoms with E-state index in [-0.39, 0.29) is 14.3 Å². The van der Waals surface area contributed by atoms with Gasteiger partial charge in [-0.3, -0.25) is 4.79 Å². The van der Waals surface area contributed by atoms with Crippen LogP contribution in [0.4, 0.5) is 0 Å². The van der Waals surface area contributed by atoms with Crippen LogP contribution in [0.2, 0.25) is 0 Å². The lowest BCUT2D eigenvalue weighted by Crippen LogP contribution is -2.32. The van der Waals surface area contributed by atoms with Gasteiger partial charge in [-0.25, -0.2) is 4.98 Å². The standard InChI is InChI=1S/C18H17N3O.2H2/c1-10-4-6-12-14(9-19-16(12)20-10)11-5-7-13-15(8-11)18(2,3)21-17(13)22;;/h4-9H,1-3H3,(H,19,20)(H,21,22);2*1H. The maximum absolute atomic E-state index is 12.0. The number of aryl methyl sites for hydroxylation is 1. The van der Waals surface area contributed by atoms with Gasteiger partial charge in [0.05, 0.1) is 5.54 Å². The molecule has 4 nitrogen and oxygen atoms in total. The fourth-order valence-corrected chi connectivity index (χ4v) is 3.19. The SMILES string of the molecule is Cc1ccc2c(-c3ccc4c(c3)C(C)(C)NC4=O)c[nH]c2n1.[HH].[HH]. The van der Waals surface area contributed by atoms with Crippen molar-refractivity contribution < 1.29 is 7.65 Å². The summed E-state index contributed by atoms with van der Waals surface area (Å²) in [5, 5.41) is 4.11. The summed E-state index contributed by atoms with van der Waals surface area (Å²) in [6, 6.07) is 10.1. The summed E-state index contributed by atoms with van der Waals surface area (Å²) >= 11 is 0. The lowest BCUT2D eigenvalue weighted by molar-refractivity contribution is 0.0940. The molecule has 0 atom stereocenters. The zero-order valence-electron chi connectivity index (χ0n) is 12.8. The monoisotopic (exact) mass is 295 g/mol. The van der Waals surface area contributed by atoms with Gasteiger partial charge in [0, 0.05) is 31.3 Å². The Morgan fingerprint density at radius 1 is 1.14 bits per heavy atom. The zero-order chi connectivity index (χ0) is 15.5. The first-order valence-electron chi connectivity index (χ1n) is 7.38. The van der Waals surface area contributed by atoms with Crippen LogP contribution < -0.4 is 5.32 Å². The lowest BCUT2D eigenvalue weighted by atomic mass is 9.91. The highest BCUT2D eigenvalue weighted by molar-refractivity contribution is 6.01. The molecule has 22 heavy (non-hydrogen) atoms. The number of carbonyl (C=O) groups excluding carboxylic acids is 1. The van der Waals surface area contributed by atoms with Gasteiger partial charge >= 0.3 is 0 Å². The lowest BCUT2D eigenvalue weighted by Gasteiger charge is -2.19. The van der Waals surface area contributed by atoms with Crippen molar-refractivity contribution in [2.24, 2.45) is 0 Å². The number of hydrogen-bond donors (Lipinski definition) is 2. The molecule has 0 aliphatic carbocycles. The van der Waals surface area contributed by atoms with Crippen molar-refractivity contribution >= 4 is 16.9 Å². The fraction of sp³-hybridized carbons (Fsp3) is 0.222. The molecule has 1 aromatic carbocycles. The van der Waals surface area contributed by atoms with E-state index >= 15 is 0 Å². The summed E-state index contributed by atoms with van der Waals surface area (Å²) in [4.78, 5) is 19.7. The average molecular weight is 295 g/mol. The van der Waals surface area contributed by atoms with Crippen molar-refractivity contribution in [3.63, 3.8) is 0 Å². The molecule has 114 valence electrons. The molecule has 4 rings (SSSR count). The van der Waals surface area contributed by atoms with Crippen LogP contribution >= 0.6 is 0 Å². The number of nitrogens with zero attached hydrogens (tertiary/aromatic N) is 1. The van der Waals surface area contributed by atoms with Crippen molar-refractivity contribution in [1.82, 2.24) is 15.3 Å². The number of benzene rings is 1. The molecule has 3 heterocycles. The van der Waals surface area contributed by atoms with Crippen LogP contribution in [-0.4, -0.2) is 15.9 Å². The van der Waals surface area contributed by atoms with Crippen LogP contribution in [0.1, 0.15) is 38.3 Å². The highest BCUT2D eigenvalue weighted by atomic mass is 16.2. The molecular formula is C18H21N3O. The second kappa shape index (κ2) is 4.19. The number of aromatic amines is 1.